The molecule has 1 aliphatic heterocycles. The van der Waals surface area contributed by atoms with E-state index in [0.717, 1.165) is 33.2 Å². The summed E-state index contributed by atoms with van der Waals surface area (Å²) in [4.78, 5) is 4.98. The minimum Gasteiger partial charge on any atom is -0.458 e. The van der Waals surface area contributed by atoms with Crippen LogP contribution in [0.1, 0.15) is 40.0 Å². The molecule has 0 atom stereocenters. The highest BCUT2D eigenvalue weighted by molar-refractivity contribution is 7.03. The zero-order valence-electron chi connectivity index (χ0n) is 50.9. The highest BCUT2D eigenvalue weighted by atomic mass is 28.3. The highest BCUT2D eigenvalue weighted by Gasteiger charge is 2.39. The fourth-order valence-electron chi connectivity index (χ4n) is 10.5. The van der Waals surface area contributed by atoms with Gasteiger partial charge in [-0.25, -0.2) is 4.98 Å². The van der Waals surface area contributed by atoms with Crippen molar-refractivity contribution in [3.8, 4) is 62.1 Å². The minimum atomic E-state index is -1.60. The number of imidazole rings is 1. The largest absolute Gasteiger partial charge is 0.458 e. The van der Waals surface area contributed by atoms with Crippen LogP contribution in [0.3, 0.4) is 0 Å². The predicted octanol–water partition coefficient (Wildman–Crippen LogP) is 15.1. The summed E-state index contributed by atoms with van der Waals surface area (Å²) < 4.78 is 100. The summed E-state index contributed by atoms with van der Waals surface area (Å²) in [5.41, 5.74) is 7.52. The number of benzene rings is 8. The number of nitrogens with zero attached hydrogens (tertiary/aromatic N) is 4. The molecule has 0 bridgehead atoms. The summed E-state index contributed by atoms with van der Waals surface area (Å²) in [5.74, 6) is 1.91. The number of para-hydroxylation sites is 3. The first kappa shape index (κ1) is 34.7. The van der Waals surface area contributed by atoms with Crippen molar-refractivity contribution in [2.75, 3.05) is 0 Å². The first-order chi connectivity index (χ1) is 38.4. The summed E-state index contributed by atoms with van der Waals surface area (Å²) in [7, 11) is -3.12. The molecule has 71 heavy (non-hydrogen) atoms. The van der Waals surface area contributed by atoms with Gasteiger partial charge in [-0.05, 0) is 99.0 Å². The average Bonchev–Trinajstić information content (AvgIpc) is 3.66. The quantitative estimate of drug-likeness (QED) is 0.0864. The molecule has 4 heterocycles. The van der Waals surface area contributed by atoms with Crippen LogP contribution in [-0.4, -0.2) is 30.3 Å². The lowest BCUT2D eigenvalue weighted by molar-refractivity contribution is -0.571. The SMILES string of the molecule is [2H]c1c([2H])c([2H])c(-c2cccc(-c3c([2H])c([2H])c([2H])c([2H])c3[2H])c2-[n+]2[c-]n(-c3cccc(Oc4ccc5c6cc(-c7ccc8c(c7)[Si](C)(C)CC[Si]8(C)C)ccc6n(-c6cc(C(C)(C)C)ccn6)c5c4)c3)c3ccccc32)c([2H])c1[2H]. The lowest BCUT2D eigenvalue weighted by atomic mass is 9.88. The number of pyridine rings is 1. The van der Waals surface area contributed by atoms with Gasteiger partial charge in [0.25, 0.3) is 6.33 Å². The molecule has 0 aliphatic carbocycles. The number of aromatic nitrogens is 4. The van der Waals surface area contributed by atoms with E-state index < -0.39 is 76.6 Å². The number of rotatable bonds is 8. The number of hydrogen-bond donors (Lipinski definition) is 0. The third-order valence-corrected chi connectivity index (χ3v) is 22.0. The minimum absolute atomic E-state index is 0.119. The topological polar surface area (TPSA) is 35.9 Å². The van der Waals surface area contributed by atoms with E-state index in [0.29, 0.717) is 28.2 Å². The number of hydrogen-bond acceptors (Lipinski definition) is 2. The molecule has 12 rings (SSSR count). The van der Waals surface area contributed by atoms with E-state index in [4.69, 9.17) is 23.4 Å². The van der Waals surface area contributed by atoms with E-state index >= 15 is 0 Å². The van der Waals surface area contributed by atoms with E-state index in [1.807, 2.05) is 65.4 Å². The maximum absolute atomic E-state index is 9.08. The van der Waals surface area contributed by atoms with Crippen LogP contribution in [0.4, 0.5) is 0 Å². The zero-order chi connectivity index (χ0) is 57.4. The Kier molecular flexibility index (Phi) is 8.34. The molecule has 5 nitrogen and oxygen atoms in total. The van der Waals surface area contributed by atoms with Gasteiger partial charge in [0.15, 0.2) is 0 Å². The van der Waals surface area contributed by atoms with Gasteiger partial charge in [0, 0.05) is 23.0 Å². The van der Waals surface area contributed by atoms with E-state index in [2.05, 4.69) is 119 Å². The summed E-state index contributed by atoms with van der Waals surface area (Å²) in [5, 5.41) is 5.40. The molecule has 11 aromatic rings. The van der Waals surface area contributed by atoms with Gasteiger partial charge in [-0.15, -0.1) is 0 Å². The summed E-state index contributed by atoms with van der Waals surface area (Å²) >= 11 is 0. The lowest BCUT2D eigenvalue weighted by Gasteiger charge is -2.39. The van der Waals surface area contributed by atoms with Crippen molar-refractivity contribution in [2.45, 2.75) is 64.5 Å². The first-order valence-electron chi connectivity index (χ1n) is 29.2. The highest BCUT2D eigenvalue weighted by Crippen LogP contribution is 2.40. The molecule has 0 spiro atoms. The van der Waals surface area contributed by atoms with Crippen molar-refractivity contribution in [2.24, 2.45) is 0 Å². The third kappa shape index (κ3) is 7.94. The molecule has 0 saturated carbocycles. The normalized spacial score (nSPS) is 16.2. The smallest absolute Gasteiger partial charge is 0.269 e. The molecule has 8 aromatic carbocycles. The Balaban J connectivity index is 1.00. The Morgan fingerprint density at radius 2 is 1.24 bits per heavy atom. The van der Waals surface area contributed by atoms with Crippen LogP contribution >= 0.6 is 0 Å². The van der Waals surface area contributed by atoms with Crippen LogP contribution < -0.4 is 19.7 Å². The van der Waals surface area contributed by atoms with Crippen molar-refractivity contribution in [3.63, 3.8) is 0 Å². The Morgan fingerprint density at radius 3 is 1.97 bits per heavy atom. The van der Waals surface area contributed by atoms with Crippen molar-refractivity contribution in [3.05, 3.63) is 212 Å². The van der Waals surface area contributed by atoms with Gasteiger partial charge in [0.05, 0.1) is 63.3 Å². The summed E-state index contributed by atoms with van der Waals surface area (Å²) in [6.45, 7) is 16.7. The van der Waals surface area contributed by atoms with E-state index in [1.54, 1.807) is 33.1 Å². The van der Waals surface area contributed by atoms with Crippen LogP contribution in [0.2, 0.25) is 38.3 Å². The van der Waals surface area contributed by atoms with Crippen LogP contribution in [-0.2, 0) is 5.41 Å². The predicted molar refractivity (Wildman–Crippen MR) is 301 cm³/mol. The molecule has 0 fully saturated rings. The average molecular weight is 965 g/mol. The molecule has 0 radical (unpaired) electrons. The molecule has 3 aromatic heterocycles. The van der Waals surface area contributed by atoms with E-state index in [1.165, 1.54) is 23.2 Å². The molecule has 1 aliphatic rings. The Hall–Kier alpha value is -7.59. The summed E-state index contributed by atoms with van der Waals surface area (Å²) in [6, 6.07) is 41.8. The molecular formula is C64H58N4OSi2. The molecule has 0 N–H and O–H groups in total. The second-order valence-electron chi connectivity index (χ2n) is 21.0. The van der Waals surface area contributed by atoms with Crippen molar-refractivity contribution >= 4 is 59.4 Å². The van der Waals surface area contributed by atoms with Gasteiger partial charge < -0.3 is 4.74 Å². The van der Waals surface area contributed by atoms with Crippen LogP contribution in [0.5, 0.6) is 11.5 Å². The molecular weight excluding hydrogens is 897 g/mol. The fraction of sp³-hybridized carbons (Fsp3) is 0.156. The second kappa shape index (κ2) is 17.1. The number of fused-ring (bicyclic) bond motifs is 5. The maximum atomic E-state index is 9.08. The second-order valence-corrected chi connectivity index (χ2v) is 30.6. The summed E-state index contributed by atoms with van der Waals surface area (Å²) in [6.07, 6.45) is 5.36. The first-order valence-corrected chi connectivity index (χ1v) is 30.6. The van der Waals surface area contributed by atoms with Crippen LogP contribution in [0.15, 0.2) is 200 Å². The van der Waals surface area contributed by atoms with Gasteiger partial charge >= 0.3 is 0 Å². The fourth-order valence-corrected chi connectivity index (χ4v) is 20.7. The van der Waals surface area contributed by atoms with Gasteiger partial charge in [0.1, 0.15) is 17.3 Å². The van der Waals surface area contributed by atoms with Gasteiger partial charge in [-0.2, -0.15) is 0 Å². The third-order valence-electron chi connectivity index (χ3n) is 14.4. The number of ether oxygens (including phenoxy) is 1. The Morgan fingerprint density at radius 1 is 0.577 bits per heavy atom. The molecule has 348 valence electrons. The van der Waals surface area contributed by atoms with E-state index in [9.17, 15) is 0 Å². The van der Waals surface area contributed by atoms with E-state index in [-0.39, 0.29) is 33.4 Å². The molecule has 0 amide bonds. The van der Waals surface area contributed by atoms with Crippen molar-refractivity contribution in [1.29, 1.82) is 0 Å². The van der Waals surface area contributed by atoms with Crippen molar-refractivity contribution in [1.82, 2.24) is 14.1 Å². The molecule has 0 unspecified atom stereocenters. The van der Waals surface area contributed by atoms with Crippen molar-refractivity contribution < 1.29 is 23.0 Å². The van der Waals surface area contributed by atoms with Gasteiger partial charge in [-0.1, -0.05) is 203 Å². The molecule has 7 heteroatoms. The van der Waals surface area contributed by atoms with Crippen LogP contribution in [0, 0.1) is 6.33 Å². The Bertz CT molecular complexity index is 4320. The van der Waals surface area contributed by atoms with Gasteiger partial charge in [-0.3, -0.25) is 13.7 Å². The standard InChI is InChI=1S/C64H58N4OSi2/c1-64(2,3)48-34-35-65-62(40-48)68-56-32-28-46(47-29-33-60-61(39-47)71(6,7)37-36-70(60,4)5)38-55(56)54-31-30-51(42-59(54)68)69-50-23-16-22-49(41-50)66-43-67(58-27-15-14-26-57(58)66)63-52(44-18-10-8-11-19-44)24-17-25-53(63)45-20-12-9-13-21-45/h8-35,38-42H,36-37H2,1-7H3/i8D,9D,10D,11D,12D,13D,18D,19D,20D,21D. The Labute approximate surface area is 433 Å². The monoisotopic (exact) mass is 964 g/mol. The van der Waals surface area contributed by atoms with Crippen LogP contribution in [0.25, 0.3) is 83.4 Å². The zero-order valence-corrected chi connectivity index (χ0v) is 42.9. The molecule has 0 saturated heterocycles. The lowest BCUT2D eigenvalue weighted by Crippen LogP contribution is -2.63. The van der Waals surface area contributed by atoms with Gasteiger partial charge in [0.2, 0.25) is 0 Å². The maximum Gasteiger partial charge on any atom is 0.269 e.